The van der Waals surface area contributed by atoms with E-state index in [-0.39, 0.29) is 30.3 Å². The van der Waals surface area contributed by atoms with Crippen molar-refractivity contribution >= 4 is 11.8 Å². The molecule has 1 heterocycles. The monoisotopic (exact) mass is 328 g/mol. The number of nitro groups is 1. The van der Waals surface area contributed by atoms with E-state index in [0.717, 1.165) is 6.20 Å². The van der Waals surface area contributed by atoms with Gasteiger partial charge in [0.05, 0.1) is 17.0 Å². The molecular formula is C14H24N4O5. The second kappa shape index (κ2) is 7.30. The Labute approximate surface area is 135 Å². The number of carbonyl (C=O) groups is 1. The molecule has 0 aliphatic carbocycles. The van der Waals surface area contributed by atoms with Crippen LogP contribution in [0.5, 0.6) is 5.88 Å². The third kappa shape index (κ3) is 5.76. The molecule has 1 atom stereocenters. The van der Waals surface area contributed by atoms with E-state index < -0.39 is 16.6 Å². The Morgan fingerprint density at radius 3 is 2.52 bits per heavy atom. The summed E-state index contributed by atoms with van der Waals surface area (Å²) in [5, 5.41) is 17.6. The van der Waals surface area contributed by atoms with Crippen LogP contribution in [0.2, 0.25) is 0 Å². The minimum absolute atomic E-state index is 0.0541. The van der Waals surface area contributed by atoms with Crippen molar-refractivity contribution in [3.05, 3.63) is 16.3 Å². The van der Waals surface area contributed by atoms with Crippen molar-refractivity contribution in [2.24, 2.45) is 0 Å². The lowest BCUT2D eigenvalue weighted by molar-refractivity contribution is -0.386. The largest absolute Gasteiger partial charge is 0.471 e. The van der Waals surface area contributed by atoms with Gasteiger partial charge in [-0.15, -0.1) is 0 Å². The van der Waals surface area contributed by atoms with Crippen LogP contribution in [-0.4, -0.2) is 39.0 Å². The Balaban J connectivity index is 2.69. The average molecular weight is 328 g/mol. The Hall–Kier alpha value is -2.32. The predicted molar refractivity (Wildman–Crippen MR) is 83.6 cm³/mol. The lowest BCUT2D eigenvalue weighted by Gasteiger charge is -2.22. The number of hydrogen-bond donors (Lipinski definition) is 1. The fourth-order valence-corrected chi connectivity index (χ4v) is 1.73. The van der Waals surface area contributed by atoms with E-state index in [1.54, 1.807) is 27.7 Å². The minimum Gasteiger partial charge on any atom is -0.471 e. The molecule has 0 aliphatic rings. The molecule has 1 N–H and O–H groups in total. The average Bonchev–Trinajstić information content (AvgIpc) is 2.77. The van der Waals surface area contributed by atoms with Gasteiger partial charge in [-0.1, -0.05) is 0 Å². The maximum Gasteiger partial charge on any atom is 0.407 e. The molecule has 1 amide bonds. The normalized spacial score (nSPS) is 12.8. The SMILES string of the molecule is CC(COc1c([N+](=O)[O-])cnn1C(C)C)NC(=O)OC(C)(C)C. The smallest absolute Gasteiger partial charge is 0.407 e. The van der Waals surface area contributed by atoms with Crippen molar-refractivity contribution in [3.63, 3.8) is 0 Å². The van der Waals surface area contributed by atoms with Crippen molar-refractivity contribution in [2.75, 3.05) is 6.61 Å². The van der Waals surface area contributed by atoms with Crippen molar-refractivity contribution < 1.29 is 19.2 Å². The first-order chi connectivity index (χ1) is 10.5. The molecule has 0 aliphatic heterocycles. The number of aromatic nitrogens is 2. The second-order valence-corrected chi connectivity index (χ2v) is 6.49. The molecule has 0 saturated carbocycles. The summed E-state index contributed by atoms with van der Waals surface area (Å²) < 4.78 is 12.1. The van der Waals surface area contributed by atoms with Crippen molar-refractivity contribution in [1.82, 2.24) is 15.1 Å². The van der Waals surface area contributed by atoms with Crippen molar-refractivity contribution in [2.45, 2.75) is 59.2 Å². The van der Waals surface area contributed by atoms with Crippen LogP contribution in [0.15, 0.2) is 6.20 Å². The lowest BCUT2D eigenvalue weighted by Crippen LogP contribution is -2.40. The molecule has 9 nitrogen and oxygen atoms in total. The van der Waals surface area contributed by atoms with Gasteiger partial charge >= 0.3 is 11.8 Å². The molecule has 23 heavy (non-hydrogen) atoms. The Morgan fingerprint density at radius 1 is 1.43 bits per heavy atom. The van der Waals surface area contributed by atoms with Crippen LogP contribution in [-0.2, 0) is 4.74 Å². The zero-order valence-electron chi connectivity index (χ0n) is 14.3. The maximum absolute atomic E-state index is 11.7. The highest BCUT2D eigenvalue weighted by molar-refractivity contribution is 5.68. The van der Waals surface area contributed by atoms with Gasteiger partial charge in [-0.3, -0.25) is 10.1 Å². The van der Waals surface area contributed by atoms with Crippen LogP contribution < -0.4 is 10.1 Å². The van der Waals surface area contributed by atoms with Crippen LogP contribution >= 0.6 is 0 Å². The van der Waals surface area contributed by atoms with Gasteiger partial charge in [-0.2, -0.15) is 5.10 Å². The predicted octanol–water partition coefficient (Wildman–Crippen LogP) is 2.66. The number of ether oxygens (including phenoxy) is 2. The summed E-state index contributed by atoms with van der Waals surface area (Å²) in [6.07, 6.45) is 0.585. The Kier molecular flexibility index (Phi) is 5.94. The molecule has 0 aromatic carbocycles. The molecule has 1 aromatic rings. The number of alkyl carbamates (subject to hydrolysis) is 1. The van der Waals surface area contributed by atoms with Crippen molar-refractivity contribution in [3.8, 4) is 5.88 Å². The molecule has 1 unspecified atom stereocenters. The molecule has 1 aromatic heterocycles. The summed E-state index contributed by atoms with van der Waals surface area (Å²) in [6.45, 7) is 10.7. The summed E-state index contributed by atoms with van der Waals surface area (Å²) in [5.74, 6) is 0.0721. The molecule has 9 heteroatoms. The molecule has 0 radical (unpaired) electrons. The van der Waals surface area contributed by atoms with E-state index in [0.29, 0.717) is 0 Å². The Morgan fingerprint density at radius 2 is 2.04 bits per heavy atom. The fourth-order valence-electron chi connectivity index (χ4n) is 1.73. The van der Waals surface area contributed by atoms with Crippen LogP contribution in [0.1, 0.15) is 47.6 Å². The Bertz CT molecular complexity index is 562. The zero-order valence-corrected chi connectivity index (χ0v) is 14.3. The highest BCUT2D eigenvalue weighted by Crippen LogP contribution is 2.29. The number of carbonyl (C=O) groups excluding carboxylic acids is 1. The van der Waals surface area contributed by atoms with Gasteiger partial charge in [-0.05, 0) is 41.5 Å². The third-order valence-corrected chi connectivity index (χ3v) is 2.65. The van der Waals surface area contributed by atoms with Gasteiger partial charge in [0.15, 0.2) is 0 Å². The van der Waals surface area contributed by atoms with E-state index in [4.69, 9.17) is 9.47 Å². The van der Waals surface area contributed by atoms with Crippen LogP contribution in [0, 0.1) is 10.1 Å². The van der Waals surface area contributed by atoms with Gasteiger partial charge in [0.2, 0.25) is 0 Å². The van der Waals surface area contributed by atoms with Gasteiger partial charge in [-0.25, -0.2) is 9.48 Å². The quantitative estimate of drug-likeness (QED) is 0.635. The molecule has 0 spiro atoms. The number of amides is 1. The highest BCUT2D eigenvalue weighted by atomic mass is 16.6. The second-order valence-electron chi connectivity index (χ2n) is 6.49. The molecular weight excluding hydrogens is 304 g/mol. The lowest BCUT2D eigenvalue weighted by atomic mass is 10.2. The number of hydrogen-bond acceptors (Lipinski definition) is 6. The first-order valence-corrected chi connectivity index (χ1v) is 7.35. The van der Waals surface area contributed by atoms with Gasteiger partial charge in [0, 0.05) is 0 Å². The first-order valence-electron chi connectivity index (χ1n) is 7.35. The van der Waals surface area contributed by atoms with Gasteiger partial charge in [0.1, 0.15) is 18.4 Å². The summed E-state index contributed by atoms with van der Waals surface area (Å²) in [6, 6.07) is -0.479. The first kappa shape index (κ1) is 18.7. The van der Waals surface area contributed by atoms with Crippen LogP contribution in [0.25, 0.3) is 0 Å². The van der Waals surface area contributed by atoms with E-state index in [9.17, 15) is 14.9 Å². The van der Waals surface area contributed by atoms with E-state index in [1.165, 1.54) is 4.68 Å². The standard InChI is InChI=1S/C14H24N4O5/c1-9(2)17-12(11(7-15-17)18(20)21)22-8-10(3)16-13(19)23-14(4,5)6/h7,9-10H,8H2,1-6H3,(H,16,19). The van der Waals surface area contributed by atoms with E-state index >= 15 is 0 Å². The van der Waals surface area contributed by atoms with Crippen LogP contribution in [0.4, 0.5) is 10.5 Å². The topological polar surface area (TPSA) is 109 Å². The fraction of sp³-hybridized carbons (Fsp3) is 0.714. The van der Waals surface area contributed by atoms with E-state index in [2.05, 4.69) is 10.4 Å². The molecule has 130 valence electrons. The number of nitrogens with zero attached hydrogens (tertiary/aromatic N) is 3. The summed E-state index contributed by atoms with van der Waals surface area (Å²) in [5.41, 5.74) is -0.803. The summed E-state index contributed by atoms with van der Waals surface area (Å²) >= 11 is 0. The molecule has 0 saturated heterocycles. The molecule has 1 rings (SSSR count). The summed E-state index contributed by atoms with van der Waals surface area (Å²) in [7, 11) is 0. The number of rotatable bonds is 6. The highest BCUT2D eigenvalue weighted by Gasteiger charge is 2.25. The summed E-state index contributed by atoms with van der Waals surface area (Å²) in [4.78, 5) is 22.1. The van der Waals surface area contributed by atoms with E-state index in [1.807, 2.05) is 13.8 Å². The van der Waals surface area contributed by atoms with Gasteiger partial charge in [0.25, 0.3) is 5.88 Å². The zero-order chi connectivity index (χ0) is 17.8. The molecule has 0 fully saturated rings. The van der Waals surface area contributed by atoms with Crippen molar-refractivity contribution in [1.29, 1.82) is 0 Å². The van der Waals surface area contributed by atoms with Crippen LogP contribution in [0.3, 0.4) is 0 Å². The maximum atomic E-state index is 11.7. The third-order valence-electron chi connectivity index (χ3n) is 2.65. The minimum atomic E-state index is -0.598. The molecule has 0 bridgehead atoms. The number of nitrogens with one attached hydrogen (secondary N) is 1. The van der Waals surface area contributed by atoms with Gasteiger partial charge < -0.3 is 14.8 Å².